The van der Waals surface area contributed by atoms with Gasteiger partial charge in [0.05, 0.1) is 12.3 Å². The van der Waals surface area contributed by atoms with Crippen LogP contribution in [0.5, 0.6) is 0 Å². The lowest BCUT2D eigenvalue weighted by atomic mass is 10.2. The third-order valence-corrected chi connectivity index (χ3v) is 3.59. The van der Waals surface area contributed by atoms with Crippen LogP contribution in [0.2, 0.25) is 0 Å². The highest BCUT2D eigenvalue weighted by Gasteiger charge is 2.28. The Labute approximate surface area is 107 Å². The van der Waals surface area contributed by atoms with Gasteiger partial charge < -0.3 is 10.0 Å². The molecule has 18 heavy (non-hydrogen) atoms. The second-order valence-corrected chi connectivity index (χ2v) is 4.96. The molecule has 1 saturated carbocycles. The zero-order chi connectivity index (χ0) is 13.1. The van der Waals surface area contributed by atoms with Crippen LogP contribution in [0.25, 0.3) is 0 Å². The lowest BCUT2D eigenvalue weighted by molar-refractivity contribution is 0.0627. The average molecular weight is 251 g/mol. The van der Waals surface area contributed by atoms with E-state index in [4.69, 9.17) is 5.11 Å². The van der Waals surface area contributed by atoms with Crippen molar-refractivity contribution in [1.29, 1.82) is 0 Å². The van der Waals surface area contributed by atoms with E-state index >= 15 is 0 Å². The van der Waals surface area contributed by atoms with Gasteiger partial charge in [-0.1, -0.05) is 12.8 Å². The molecule has 0 aromatic carbocycles. The molecule has 1 aliphatic rings. The summed E-state index contributed by atoms with van der Waals surface area (Å²) in [5.41, 5.74) is 1.45. The first kappa shape index (κ1) is 13.1. The molecule has 0 atom stereocenters. The van der Waals surface area contributed by atoms with Crippen LogP contribution >= 0.6 is 0 Å². The third-order valence-electron chi connectivity index (χ3n) is 3.59. The van der Waals surface area contributed by atoms with Crippen LogP contribution in [0.4, 0.5) is 0 Å². The molecule has 5 nitrogen and oxygen atoms in total. The molecule has 1 heterocycles. The van der Waals surface area contributed by atoms with Crippen LogP contribution in [-0.4, -0.2) is 44.9 Å². The molecule has 0 spiro atoms. The van der Waals surface area contributed by atoms with E-state index in [-0.39, 0.29) is 18.6 Å². The molecular formula is C13H21N3O2. The monoisotopic (exact) mass is 251 g/mol. The fraction of sp³-hybridized carbons (Fsp3) is 0.692. The van der Waals surface area contributed by atoms with Gasteiger partial charge in [0.2, 0.25) is 0 Å². The Balaban J connectivity index is 2.19. The van der Waals surface area contributed by atoms with Crippen LogP contribution in [0.3, 0.4) is 0 Å². The maximum atomic E-state index is 12.5. The van der Waals surface area contributed by atoms with Crippen molar-refractivity contribution in [2.45, 2.75) is 38.6 Å². The first-order valence-electron chi connectivity index (χ1n) is 6.56. The second kappa shape index (κ2) is 5.52. The zero-order valence-corrected chi connectivity index (χ0v) is 11.1. The molecule has 0 radical (unpaired) electrons. The predicted molar refractivity (Wildman–Crippen MR) is 68.3 cm³/mol. The molecule has 1 aromatic heterocycles. The van der Waals surface area contributed by atoms with Gasteiger partial charge in [0.1, 0.15) is 5.69 Å². The van der Waals surface area contributed by atoms with Crippen molar-refractivity contribution in [3.05, 3.63) is 17.5 Å². The molecule has 0 bridgehead atoms. The van der Waals surface area contributed by atoms with E-state index in [1.807, 2.05) is 17.9 Å². The Morgan fingerprint density at radius 3 is 2.72 bits per heavy atom. The van der Waals surface area contributed by atoms with Crippen LogP contribution in [0.15, 0.2) is 6.07 Å². The predicted octanol–water partition coefficient (Wildman–Crippen LogP) is 1.11. The molecule has 2 rings (SSSR count). The molecule has 1 aliphatic carbocycles. The minimum atomic E-state index is -0.0148. The standard InChI is InChI=1S/C13H21N3O2/c1-10-9-12(15(2)14-10)13(18)16(7-8-17)11-5-3-4-6-11/h9,11,17H,3-8H2,1-2H3. The van der Waals surface area contributed by atoms with Crippen LogP contribution < -0.4 is 0 Å². The van der Waals surface area contributed by atoms with E-state index in [9.17, 15) is 4.79 Å². The van der Waals surface area contributed by atoms with Gasteiger partial charge in [-0.3, -0.25) is 9.48 Å². The second-order valence-electron chi connectivity index (χ2n) is 4.96. The van der Waals surface area contributed by atoms with Gasteiger partial charge in [-0.2, -0.15) is 5.10 Å². The van der Waals surface area contributed by atoms with Crippen LogP contribution in [-0.2, 0) is 7.05 Å². The summed E-state index contributed by atoms with van der Waals surface area (Å²) in [5.74, 6) is -0.0148. The van der Waals surface area contributed by atoms with Gasteiger partial charge in [-0.25, -0.2) is 0 Å². The SMILES string of the molecule is Cc1cc(C(=O)N(CCO)C2CCCC2)n(C)n1. The number of nitrogens with zero attached hydrogens (tertiary/aromatic N) is 3. The number of hydrogen-bond donors (Lipinski definition) is 1. The summed E-state index contributed by atoms with van der Waals surface area (Å²) < 4.78 is 1.62. The summed E-state index contributed by atoms with van der Waals surface area (Å²) in [7, 11) is 1.78. The smallest absolute Gasteiger partial charge is 0.272 e. The maximum Gasteiger partial charge on any atom is 0.272 e. The van der Waals surface area contributed by atoms with E-state index in [2.05, 4.69) is 5.10 Å². The largest absolute Gasteiger partial charge is 0.395 e. The molecule has 0 unspecified atom stereocenters. The molecule has 1 N–H and O–H groups in total. The number of carbonyl (C=O) groups excluding carboxylic acids is 1. The molecule has 100 valence electrons. The number of aliphatic hydroxyl groups is 1. The minimum absolute atomic E-state index is 0.0130. The van der Waals surface area contributed by atoms with Gasteiger partial charge in [0.25, 0.3) is 5.91 Å². The van der Waals surface area contributed by atoms with Gasteiger partial charge in [-0.15, -0.1) is 0 Å². The molecular weight excluding hydrogens is 230 g/mol. The number of hydrogen-bond acceptors (Lipinski definition) is 3. The van der Waals surface area contributed by atoms with E-state index in [0.29, 0.717) is 12.2 Å². The van der Waals surface area contributed by atoms with Gasteiger partial charge >= 0.3 is 0 Å². The number of aliphatic hydroxyl groups excluding tert-OH is 1. The van der Waals surface area contributed by atoms with E-state index in [1.165, 1.54) is 12.8 Å². The first-order chi connectivity index (χ1) is 8.63. The highest BCUT2D eigenvalue weighted by molar-refractivity contribution is 5.93. The van der Waals surface area contributed by atoms with E-state index < -0.39 is 0 Å². The summed E-state index contributed by atoms with van der Waals surface area (Å²) in [6, 6.07) is 2.08. The minimum Gasteiger partial charge on any atom is -0.395 e. The number of rotatable bonds is 4. The van der Waals surface area contributed by atoms with Crippen molar-refractivity contribution in [3.63, 3.8) is 0 Å². The molecule has 0 aliphatic heterocycles. The lowest BCUT2D eigenvalue weighted by Gasteiger charge is -2.28. The van der Waals surface area contributed by atoms with Crippen molar-refractivity contribution >= 4 is 5.91 Å². The summed E-state index contributed by atoms with van der Waals surface area (Å²) >= 11 is 0. The van der Waals surface area contributed by atoms with Crippen molar-refractivity contribution in [2.24, 2.45) is 7.05 Å². The van der Waals surface area contributed by atoms with Gasteiger partial charge in [-0.05, 0) is 25.8 Å². The van der Waals surface area contributed by atoms with Crippen molar-refractivity contribution < 1.29 is 9.90 Å². The van der Waals surface area contributed by atoms with Crippen LogP contribution in [0.1, 0.15) is 41.9 Å². The topological polar surface area (TPSA) is 58.4 Å². The fourth-order valence-corrected chi connectivity index (χ4v) is 2.73. The maximum absolute atomic E-state index is 12.5. The molecule has 5 heteroatoms. The number of aromatic nitrogens is 2. The van der Waals surface area contributed by atoms with E-state index in [1.54, 1.807) is 11.7 Å². The molecule has 1 aromatic rings. The Morgan fingerprint density at radius 1 is 1.56 bits per heavy atom. The highest BCUT2D eigenvalue weighted by atomic mass is 16.3. The third kappa shape index (κ3) is 2.56. The number of carbonyl (C=O) groups is 1. The Hall–Kier alpha value is -1.36. The quantitative estimate of drug-likeness (QED) is 0.872. The summed E-state index contributed by atoms with van der Waals surface area (Å²) in [6.07, 6.45) is 4.43. The number of amides is 1. The van der Waals surface area contributed by atoms with Gasteiger partial charge in [0.15, 0.2) is 0 Å². The fourth-order valence-electron chi connectivity index (χ4n) is 2.73. The average Bonchev–Trinajstić information content (AvgIpc) is 2.95. The normalized spacial score (nSPS) is 16.2. The lowest BCUT2D eigenvalue weighted by Crippen LogP contribution is -2.41. The zero-order valence-electron chi connectivity index (χ0n) is 11.1. The summed E-state index contributed by atoms with van der Waals surface area (Å²) in [6.45, 7) is 2.30. The van der Waals surface area contributed by atoms with Crippen molar-refractivity contribution in [2.75, 3.05) is 13.2 Å². The highest BCUT2D eigenvalue weighted by Crippen LogP contribution is 2.24. The Kier molecular flexibility index (Phi) is 4.01. The Morgan fingerprint density at radius 2 is 2.22 bits per heavy atom. The van der Waals surface area contributed by atoms with Crippen LogP contribution in [0, 0.1) is 6.92 Å². The van der Waals surface area contributed by atoms with E-state index in [0.717, 1.165) is 18.5 Å². The number of aryl methyl sites for hydroxylation is 2. The van der Waals surface area contributed by atoms with Crippen molar-refractivity contribution in [1.82, 2.24) is 14.7 Å². The molecule has 1 amide bonds. The van der Waals surface area contributed by atoms with Gasteiger partial charge in [0, 0.05) is 19.6 Å². The molecule has 0 saturated heterocycles. The Bertz CT molecular complexity index is 422. The summed E-state index contributed by atoms with van der Waals surface area (Å²) in [4.78, 5) is 14.3. The molecule has 1 fully saturated rings. The van der Waals surface area contributed by atoms with Crippen molar-refractivity contribution in [3.8, 4) is 0 Å². The first-order valence-corrected chi connectivity index (χ1v) is 6.56. The summed E-state index contributed by atoms with van der Waals surface area (Å²) in [5, 5.41) is 13.4.